The Morgan fingerprint density at radius 2 is 1.92 bits per heavy atom. The van der Waals surface area contributed by atoms with E-state index in [1.165, 1.54) is 11.5 Å². The van der Waals surface area contributed by atoms with E-state index < -0.39 is 17.7 Å². The summed E-state index contributed by atoms with van der Waals surface area (Å²) in [6.45, 7) is 5.35. The van der Waals surface area contributed by atoms with Gasteiger partial charge in [0.1, 0.15) is 5.82 Å². The van der Waals surface area contributed by atoms with Crippen molar-refractivity contribution in [1.82, 2.24) is 19.2 Å². The maximum Gasteiger partial charge on any atom is 0.352 e. The number of anilines is 2. The largest absolute Gasteiger partial charge is 0.467 e. The zero-order valence-electron chi connectivity index (χ0n) is 14.5. The van der Waals surface area contributed by atoms with E-state index in [2.05, 4.69) is 20.1 Å². The van der Waals surface area contributed by atoms with Crippen LogP contribution >= 0.6 is 0 Å². The molecule has 2 heterocycles. The average Bonchev–Trinajstić information content (AvgIpc) is 2.92. The Bertz CT molecular complexity index is 988. The summed E-state index contributed by atoms with van der Waals surface area (Å²) in [7, 11) is 1.27. The highest BCUT2D eigenvalue weighted by Crippen LogP contribution is 2.17. The quantitative estimate of drug-likeness (QED) is 0.730. The molecule has 0 aliphatic heterocycles. The highest BCUT2D eigenvalue weighted by molar-refractivity contribution is 5.73. The fourth-order valence-electron chi connectivity index (χ4n) is 2.53. The molecule has 0 saturated carbocycles. The third kappa shape index (κ3) is 3.10. The summed E-state index contributed by atoms with van der Waals surface area (Å²) in [6, 6.07) is 8.80. The van der Waals surface area contributed by atoms with Gasteiger partial charge >= 0.3 is 11.7 Å². The molecule has 0 unspecified atom stereocenters. The molecule has 130 valence electrons. The average molecular weight is 341 g/mol. The molecule has 2 aromatic heterocycles. The molecule has 25 heavy (non-hydrogen) atoms. The standard InChI is InChI=1S/C17H19N5O3/c1-10-5-7-13(8-6-10)18-14-9-11(2)21-16(19-14)20-22(17(21)24)12(3)15(23)25-4/h5-9,12H,1-4H3,(H,18,19,20)/t12-/m1/s1. The van der Waals surface area contributed by atoms with Gasteiger partial charge in [0.15, 0.2) is 6.04 Å². The molecule has 1 atom stereocenters. The summed E-state index contributed by atoms with van der Waals surface area (Å²) in [5.41, 5.74) is 2.27. The minimum absolute atomic E-state index is 0.218. The Labute approximate surface area is 144 Å². The molecular weight excluding hydrogens is 322 g/mol. The van der Waals surface area contributed by atoms with Crippen LogP contribution in [0.3, 0.4) is 0 Å². The highest BCUT2D eigenvalue weighted by atomic mass is 16.5. The number of methoxy groups -OCH3 is 1. The van der Waals surface area contributed by atoms with E-state index in [-0.39, 0.29) is 5.78 Å². The van der Waals surface area contributed by atoms with Gasteiger partial charge in [0.25, 0.3) is 5.78 Å². The molecule has 3 aromatic rings. The maximum absolute atomic E-state index is 12.5. The van der Waals surface area contributed by atoms with Crippen LogP contribution in [-0.2, 0) is 9.53 Å². The molecule has 0 radical (unpaired) electrons. The molecule has 0 bridgehead atoms. The van der Waals surface area contributed by atoms with Crippen LogP contribution in [0.2, 0.25) is 0 Å². The van der Waals surface area contributed by atoms with Crippen LogP contribution in [0.4, 0.5) is 11.5 Å². The summed E-state index contributed by atoms with van der Waals surface area (Å²) in [4.78, 5) is 28.6. The fraction of sp³-hybridized carbons (Fsp3) is 0.294. The van der Waals surface area contributed by atoms with E-state index in [0.717, 1.165) is 15.9 Å². The van der Waals surface area contributed by atoms with Crippen LogP contribution in [0, 0.1) is 13.8 Å². The number of aryl methyl sites for hydroxylation is 2. The van der Waals surface area contributed by atoms with Gasteiger partial charge in [0.2, 0.25) is 0 Å². The zero-order valence-corrected chi connectivity index (χ0v) is 14.5. The second-order valence-corrected chi connectivity index (χ2v) is 5.84. The molecule has 1 N–H and O–H groups in total. The molecule has 0 saturated heterocycles. The first-order chi connectivity index (χ1) is 11.9. The minimum atomic E-state index is -0.827. The lowest BCUT2D eigenvalue weighted by Gasteiger charge is -2.07. The number of esters is 1. The van der Waals surface area contributed by atoms with Gasteiger partial charge in [-0.1, -0.05) is 17.7 Å². The SMILES string of the molecule is COC(=O)[C@@H](C)n1nc2nc(Nc3ccc(C)cc3)cc(C)n2c1=O. The number of fused-ring (bicyclic) bond motifs is 1. The van der Waals surface area contributed by atoms with Crippen LogP contribution < -0.4 is 11.0 Å². The number of rotatable bonds is 4. The first-order valence-electron chi connectivity index (χ1n) is 7.81. The van der Waals surface area contributed by atoms with Crippen molar-refractivity contribution < 1.29 is 9.53 Å². The normalized spacial score (nSPS) is 12.2. The van der Waals surface area contributed by atoms with E-state index in [1.807, 2.05) is 31.2 Å². The van der Waals surface area contributed by atoms with Crippen molar-refractivity contribution in [3.8, 4) is 0 Å². The summed E-state index contributed by atoms with van der Waals surface area (Å²) in [6.07, 6.45) is 0. The third-order valence-electron chi connectivity index (χ3n) is 3.94. The van der Waals surface area contributed by atoms with Crippen LogP contribution in [0.1, 0.15) is 24.2 Å². The third-order valence-corrected chi connectivity index (χ3v) is 3.94. The van der Waals surface area contributed by atoms with Gasteiger partial charge in [0.05, 0.1) is 7.11 Å². The number of hydrogen-bond acceptors (Lipinski definition) is 6. The Morgan fingerprint density at radius 3 is 2.56 bits per heavy atom. The number of nitrogens with one attached hydrogen (secondary N) is 1. The van der Waals surface area contributed by atoms with Crippen molar-refractivity contribution in [2.45, 2.75) is 26.8 Å². The molecule has 0 aliphatic rings. The van der Waals surface area contributed by atoms with Gasteiger partial charge in [0, 0.05) is 17.4 Å². The summed E-state index contributed by atoms with van der Waals surface area (Å²) >= 11 is 0. The van der Waals surface area contributed by atoms with Gasteiger partial charge in [-0.2, -0.15) is 9.67 Å². The summed E-state index contributed by atoms with van der Waals surface area (Å²) in [5.74, 6) is 0.244. The first-order valence-corrected chi connectivity index (χ1v) is 7.81. The number of carbonyl (C=O) groups is 1. The van der Waals surface area contributed by atoms with E-state index in [9.17, 15) is 9.59 Å². The lowest BCUT2D eigenvalue weighted by atomic mass is 10.2. The van der Waals surface area contributed by atoms with Crippen molar-refractivity contribution in [2.24, 2.45) is 0 Å². The Hall–Kier alpha value is -3.16. The zero-order chi connectivity index (χ0) is 18.1. The number of nitrogens with zero attached hydrogens (tertiary/aromatic N) is 4. The predicted octanol–water partition coefficient (Wildman–Crippen LogP) is 1.99. The van der Waals surface area contributed by atoms with Crippen molar-refractivity contribution in [1.29, 1.82) is 0 Å². The van der Waals surface area contributed by atoms with E-state index in [1.54, 1.807) is 19.9 Å². The topological polar surface area (TPSA) is 90.5 Å². The summed E-state index contributed by atoms with van der Waals surface area (Å²) in [5, 5.41) is 7.36. The Kier molecular flexibility index (Phi) is 4.26. The molecule has 8 nitrogen and oxygen atoms in total. The Morgan fingerprint density at radius 1 is 1.24 bits per heavy atom. The number of aromatic nitrogens is 4. The number of carbonyl (C=O) groups excluding carboxylic acids is 1. The van der Waals surface area contributed by atoms with Crippen molar-refractivity contribution in [3.05, 3.63) is 52.1 Å². The lowest BCUT2D eigenvalue weighted by Crippen LogP contribution is -2.29. The molecule has 8 heteroatoms. The van der Waals surface area contributed by atoms with Crippen LogP contribution in [-0.4, -0.2) is 32.2 Å². The molecule has 0 spiro atoms. The van der Waals surface area contributed by atoms with Crippen molar-refractivity contribution >= 4 is 23.3 Å². The van der Waals surface area contributed by atoms with Gasteiger partial charge in [-0.05, 0) is 32.9 Å². The minimum Gasteiger partial charge on any atom is -0.467 e. The van der Waals surface area contributed by atoms with Crippen LogP contribution in [0.15, 0.2) is 35.1 Å². The monoisotopic (exact) mass is 341 g/mol. The van der Waals surface area contributed by atoms with Crippen LogP contribution in [0.5, 0.6) is 0 Å². The molecule has 0 amide bonds. The number of ether oxygens (including phenoxy) is 1. The van der Waals surface area contributed by atoms with E-state index >= 15 is 0 Å². The second kappa shape index (κ2) is 6.39. The van der Waals surface area contributed by atoms with Gasteiger partial charge in [-0.25, -0.2) is 14.0 Å². The molecule has 0 fully saturated rings. The van der Waals surface area contributed by atoms with Crippen molar-refractivity contribution in [2.75, 3.05) is 12.4 Å². The molecule has 3 rings (SSSR count). The number of hydrogen-bond donors (Lipinski definition) is 1. The molecule has 1 aromatic carbocycles. The number of benzene rings is 1. The first kappa shape index (κ1) is 16.7. The van der Waals surface area contributed by atoms with E-state index in [4.69, 9.17) is 0 Å². The van der Waals surface area contributed by atoms with E-state index in [0.29, 0.717) is 11.5 Å². The van der Waals surface area contributed by atoms with Crippen molar-refractivity contribution in [3.63, 3.8) is 0 Å². The molecule has 0 aliphatic carbocycles. The Balaban J connectivity index is 2.03. The lowest BCUT2D eigenvalue weighted by molar-refractivity contribution is -0.144. The van der Waals surface area contributed by atoms with Gasteiger partial charge in [-0.15, -0.1) is 5.10 Å². The maximum atomic E-state index is 12.5. The smallest absolute Gasteiger partial charge is 0.352 e. The van der Waals surface area contributed by atoms with Crippen LogP contribution in [0.25, 0.3) is 5.78 Å². The molecular formula is C17H19N5O3. The summed E-state index contributed by atoms with van der Waals surface area (Å²) < 4.78 is 7.12. The highest BCUT2D eigenvalue weighted by Gasteiger charge is 2.22. The predicted molar refractivity (Wildman–Crippen MR) is 93.2 cm³/mol. The van der Waals surface area contributed by atoms with Gasteiger partial charge in [-0.3, -0.25) is 0 Å². The van der Waals surface area contributed by atoms with Gasteiger partial charge < -0.3 is 10.1 Å². The fourth-order valence-corrected chi connectivity index (χ4v) is 2.53. The second-order valence-electron chi connectivity index (χ2n) is 5.84.